The third kappa shape index (κ3) is 2.25. The summed E-state index contributed by atoms with van der Waals surface area (Å²) in [7, 11) is 0. The summed E-state index contributed by atoms with van der Waals surface area (Å²) >= 11 is 0. The minimum Gasteiger partial charge on any atom is -0.384 e. The van der Waals surface area contributed by atoms with Crippen molar-refractivity contribution in [2.75, 3.05) is 0 Å². The molecule has 1 saturated carbocycles. The zero-order chi connectivity index (χ0) is 11.8. The highest BCUT2D eigenvalue weighted by molar-refractivity contribution is 5.04. The van der Waals surface area contributed by atoms with Gasteiger partial charge in [0.2, 0.25) is 0 Å². The molecule has 2 rings (SSSR count). The number of hydrogen-bond donors (Lipinski definition) is 2. The van der Waals surface area contributed by atoms with Crippen LogP contribution in [0.25, 0.3) is 0 Å². The highest BCUT2D eigenvalue weighted by Gasteiger charge is 2.27. The average Bonchev–Trinajstić information content (AvgIpc) is 2.66. The largest absolute Gasteiger partial charge is 0.384 e. The lowest BCUT2D eigenvalue weighted by Crippen LogP contribution is -2.35. The molecule has 5 nitrogen and oxygen atoms in total. The first-order valence-electron chi connectivity index (χ1n) is 5.89. The van der Waals surface area contributed by atoms with Crippen molar-refractivity contribution in [3.05, 3.63) is 11.9 Å². The molecule has 0 aromatic carbocycles. The van der Waals surface area contributed by atoms with Gasteiger partial charge in [-0.2, -0.15) is 0 Å². The lowest BCUT2D eigenvalue weighted by atomic mass is 9.91. The van der Waals surface area contributed by atoms with E-state index in [1.165, 1.54) is 12.8 Å². The lowest BCUT2D eigenvalue weighted by molar-refractivity contribution is 0.0737. The van der Waals surface area contributed by atoms with Crippen LogP contribution in [0, 0.1) is 0 Å². The van der Waals surface area contributed by atoms with E-state index in [9.17, 15) is 5.11 Å². The van der Waals surface area contributed by atoms with Gasteiger partial charge in [0.1, 0.15) is 11.3 Å². The highest BCUT2D eigenvalue weighted by atomic mass is 16.3. The molecule has 90 valence electrons. The van der Waals surface area contributed by atoms with Crippen LogP contribution in [0.3, 0.4) is 0 Å². The standard InChI is InChI=1S/C11H20N4O/c1-11(2,16)10-7-15(14-13-10)9-6-4-3-5-8(9)12/h7-9,16H,3-6,12H2,1-2H3/t8-,9-/m0/s1. The Hall–Kier alpha value is -0.940. The molecule has 1 heterocycles. The molecule has 3 N–H and O–H groups in total. The van der Waals surface area contributed by atoms with Crippen molar-refractivity contribution < 1.29 is 5.11 Å². The lowest BCUT2D eigenvalue weighted by Gasteiger charge is -2.28. The molecule has 2 atom stereocenters. The van der Waals surface area contributed by atoms with Gasteiger partial charge in [-0.25, -0.2) is 4.68 Å². The first-order chi connectivity index (χ1) is 7.48. The quantitative estimate of drug-likeness (QED) is 0.784. The Morgan fingerprint density at radius 3 is 2.69 bits per heavy atom. The van der Waals surface area contributed by atoms with Crippen LogP contribution in [0.2, 0.25) is 0 Å². The van der Waals surface area contributed by atoms with Gasteiger partial charge in [0, 0.05) is 6.04 Å². The van der Waals surface area contributed by atoms with Crippen LogP contribution < -0.4 is 5.73 Å². The molecule has 16 heavy (non-hydrogen) atoms. The van der Waals surface area contributed by atoms with E-state index in [0.717, 1.165) is 12.8 Å². The van der Waals surface area contributed by atoms with Gasteiger partial charge in [-0.15, -0.1) is 5.10 Å². The zero-order valence-electron chi connectivity index (χ0n) is 9.93. The molecule has 0 aliphatic heterocycles. The summed E-state index contributed by atoms with van der Waals surface area (Å²) in [5.74, 6) is 0. The smallest absolute Gasteiger partial charge is 0.114 e. The summed E-state index contributed by atoms with van der Waals surface area (Å²) in [6, 6.07) is 0.391. The monoisotopic (exact) mass is 224 g/mol. The van der Waals surface area contributed by atoms with Crippen LogP contribution in [0.4, 0.5) is 0 Å². The molecule has 0 spiro atoms. The molecule has 0 radical (unpaired) electrons. The van der Waals surface area contributed by atoms with Crippen LogP contribution in [-0.2, 0) is 5.60 Å². The Labute approximate surface area is 95.6 Å². The summed E-state index contributed by atoms with van der Waals surface area (Å²) < 4.78 is 1.82. The van der Waals surface area contributed by atoms with E-state index >= 15 is 0 Å². The molecular formula is C11H20N4O. The average molecular weight is 224 g/mol. The number of nitrogens with zero attached hydrogens (tertiary/aromatic N) is 3. The first kappa shape index (κ1) is 11.5. The molecule has 0 bridgehead atoms. The molecule has 5 heteroatoms. The van der Waals surface area contributed by atoms with Crippen LogP contribution in [0.5, 0.6) is 0 Å². The van der Waals surface area contributed by atoms with Gasteiger partial charge in [0.25, 0.3) is 0 Å². The third-order valence-electron chi connectivity index (χ3n) is 3.26. The number of aromatic nitrogens is 3. The molecule has 1 aromatic rings. The van der Waals surface area contributed by atoms with Gasteiger partial charge in [-0.05, 0) is 26.7 Å². The summed E-state index contributed by atoms with van der Waals surface area (Å²) in [5.41, 5.74) is 5.75. The normalized spacial score (nSPS) is 27.0. The fraction of sp³-hybridized carbons (Fsp3) is 0.818. The zero-order valence-corrected chi connectivity index (χ0v) is 9.93. The minimum atomic E-state index is -0.934. The van der Waals surface area contributed by atoms with Crippen molar-refractivity contribution in [2.24, 2.45) is 5.73 Å². The second-order valence-electron chi connectivity index (χ2n) is 5.16. The van der Waals surface area contributed by atoms with Gasteiger partial charge >= 0.3 is 0 Å². The maximum Gasteiger partial charge on any atom is 0.114 e. The summed E-state index contributed by atoms with van der Waals surface area (Å²) in [4.78, 5) is 0. The Bertz CT molecular complexity index is 355. The molecular weight excluding hydrogens is 204 g/mol. The van der Waals surface area contributed by atoms with Crippen molar-refractivity contribution in [3.63, 3.8) is 0 Å². The van der Waals surface area contributed by atoms with Gasteiger partial charge < -0.3 is 10.8 Å². The van der Waals surface area contributed by atoms with Gasteiger partial charge in [-0.1, -0.05) is 18.1 Å². The number of rotatable bonds is 2. The fourth-order valence-corrected chi connectivity index (χ4v) is 2.19. The Morgan fingerprint density at radius 1 is 1.44 bits per heavy atom. The van der Waals surface area contributed by atoms with E-state index in [-0.39, 0.29) is 12.1 Å². The van der Waals surface area contributed by atoms with Crippen molar-refractivity contribution in [2.45, 2.75) is 57.2 Å². The van der Waals surface area contributed by atoms with Gasteiger partial charge in [0.15, 0.2) is 0 Å². The highest BCUT2D eigenvalue weighted by Crippen LogP contribution is 2.27. The number of hydrogen-bond acceptors (Lipinski definition) is 4. The van der Waals surface area contributed by atoms with E-state index in [4.69, 9.17) is 5.73 Å². The topological polar surface area (TPSA) is 77.0 Å². The van der Waals surface area contributed by atoms with Gasteiger partial charge in [0.05, 0.1) is 12.2 Å². The van der Waals surface area contributed by atoms with Crippen molar-refractivity contribution >= 4 is 0 Å². The van der Waals surface area contributed by atoms with Crippen LogP contribution in [-0.4, -0.2) is 26.1 Å². The van der Waals surface area contributed by atoms with E-state index in [0.29, 0.717) is 5.69 Å². The molecule has 0 saturated heterocycles. The van der Waals surface area contributed by atoms with Gasteiger partial charge in [-0.3, -0.25) is 0 Å². The molecule has 1 aliphatic rings. The Morgan fingerprint density at radius 2 is 2.12 bits per heavy atom. The predicted molar refractivity (Wildman–Crippen MR) is 60.7 cm³/mol. The van der Waals surface area contributed by atoms with E-state index in [2.05, 4.69) is 10.3 Å². The summed E-state index contributed by atoms with van der Waals surface area (Å²) in [6.45, 7) is 3.42. The minimum absolute atomic E-state index is 0.158. The Kier molecular flexibility index (Phi) is 2.99. The SMILES string of the molecule is CC(C)(O)c1cn([C@H]2CCCC[C@@H]2N)nn1. The molecule has 0 unspecified atom stereocenters. The van der Waals surface area contributed by atoms with E-state index in [1.807, 2.05) is 10.9 Å². The number of nitrogens with two attached hydrogens (primary N) is 1. The maximum absolute atomic E-state index is 9.82. The van der Waals surface area contributed by atoms with Crippen molar-refractivity contribution in [1.29, 1.82) is 0 Å². The first-order valence-corrected chi connectivity index (χ1v) is 5.89. The molecule has 0 amide bonds. The fourth-order valence-electron chi connectivity index (χ4n) is 2.19. The van der Waals surface area contributed by atoms with Crippen molar-refractivity contribution in [3.8, 4) is 0 Å². The molecule has 1 fully saturated rings. The predicted octanol–water partition coefficient (Wildman–Crippen LogP) is 0.948. The van der Waals surface area contributed by atoms with Crippen LogP contribution >= 0.6 is 0 Å². The summed E-state index contributed by atoms with van der Waals surface area (Å²) in [5, 5.41) is 17.9. The van der Waals surface area contributed by atoms with Crippen LogP contribution in [0.15, 0.2) is 6.20 Å². The molecule has 1 aromatic heterocycles. The third-order valence-corrected chi connectivity index (χ3v) is 3.26. The van der Waals surface area contributed by atoms with E-state index in [1.54, 1.807) is 13.8 Å². The van der Waals surface area contributed by atoms with Crippen LogP contribution in [0.1, 0.15) is 51.3 Å². The van der Waals surface area contributed by atoms with Crippen molar-refractivity contribution in [1.82, 2.24) is 15.0 Å². The number of aliphatic hydroxyl groups is 1. The summed E-state index contributed by atoms with van der Waals surface area (Å²) in [6.07, 6.45) is 6.30. The Balaban J connectivity index is 2.18. The second-order valence-corrected chi connectivity index (χ2v) is 5.16. The second kappa shape index (κ2) is 4.14. The maximum atomic E-state index is 9.82. The van der Waals surface area contributed by atoms with E-state index < -0.39 is 5.60 Å². The molecule has 1 aliphatic carbocycles.